The molecule has 6 nitrogen and oxygen atoms in total. The van der Waals surface area contributed by atoms with Gasteiger partial charge in [0, 0.05) is 39.9 Å². The minimum Gasteiger partial charge on any atom is -0.478 e. The van der Waals surface area contributed by atoms with Crippen LogP contribution in [0.4, 0.5) is 4.39 Å². The summed E-state index contributed by atoms with van der Waals surface area (Å²) in [5, 5.41) is 12.7. The van der Waals surface area contributed by atoms with Crippen molar-refractivity contribution in [3.63, 3.8) is 0 Å². The molecule has 1 aliphatic rings. The van der Waals surface area contributed by atoms with E-state index >= 15 is 0 Å². The molecular formula is C18H15ClFN3O3. The number of carbonyl (C=O) groups is 2. The summed E-state index contributed by atoms with van der Waals surface area (Å²) in [7, 11) is 0. The molecule has 0 saturated carbocycles. The predicted octanol–water partition coefficient (Wildman–Crippen LogP) is 3.34. The first-order valence-electron chi connectivity index (χ1n) is 7.71. The standard InChI is InChI=1S/C18H15ClFN3O3/c1-9-13(17(24)23-7-6-21-8-23)16(14(18(25)26)10(2)22-9)15-11(19)4-3-5-12(15)20/h3-8,16,22H,1-2H3,(H,25,26). The summed E-state index contributed by atoms with van der Waals surface area (Å²) in [6.45, 7) is 3.20. The molecule has 0 amide bonds. The van der Waals surface area contributed by atoms with E-state index in [-0.39, 0.29) is 21.7 Å². The minimum atomic E-state index is -1.26. The van der Waals surface area contributed by atoms with Gasteiger partial charge in [0.05, 0.1) is 11.5 Å². The van der Waals surface area contributed by atoms with Crippen LogP contribution in [0.3, 0.4) is 0 Å². The molecule has 1 aromatic carbocycles. The molecule has 3 rings (SSSR count). The van der Waals surface area contributed by atoms with E-state index in [2.05, 4.69) is 10.3 Å². The Hall–Kier alpha value is -2.93. The third-order valence-electron chi connectivity index (χ3n) is 4.25. The summed E-state index contributed by atoms with van der Waals surface area (Å²) in [4.78, 5) is 28.7. The molecule has 1 atom stereocenters. The van der Waals surface area contributed by atoms with Gasteiger partial charge in [-0.2, -0.15) is 0 Å². The number of nitrogens with zero attached hydrogens (tertiary/aromatic N) is 2. The van der Waals surface area contributed by atoms with Gasteiger partial charge in [0.1, 0.15) is 12.1 Å². The number of hydrogen-bond donors (Lipinski definition) is 2. The van der Waals surface area contributed by atoms with E-state index in [0.717, 1.165) is 0 Å². The Labute approximate surface area is 153 Å². The monoisotopic (exact) mass is 375 g/mol. The quantitative estimate of drug-likeness (QED) is 0.859. The number of aromatic nitrogens is 2. The highest BCUT2D eigenvalue weighted by Gasteiger charge is 2.39. The molecule has 0 saturated heterocycles. The van der Waals surface area contributed by atoms with Crippen LogP contribution in [-0.4, -0.2) is 26.5 Å². The third-order valence-corrected chi connectivity index (χ3v) is 4.58. The molecule has 8 heteroatoms. The Bertz CT molecular complexity index is 944. The van der Waals surface area contributed by atoms with Crippen LogP contribution in [0.5, 0.6) is 0 Å². The predicted molar refractivity (Wildman–Crippen MR) is 93.2 cm³/mol. The van der Waals surface area contributed by atoms with Crippen LogP contribution in [0.15, 0.2) is 59.5 Å². The first-order chi connectivity index (χ1) is 12.3. The van der Waals surface area contributed by atoms with Crippen molar-refractivity contribution in [1.29, 1.82) is 0 Å². The van der Waals surface area contributed by atoms with Crippen LogP contribution in [0.25, 0.3) is 0 Å². The van der Waals surface area contributed by atoms with Gasteiger partial charge < -0.3 is 10.4 Å². The fourth-order valence-electron chi connectivity index (χ4n) is 3.15. The van der Waals surface area contributed by atoms with E-state index in [1.165, 1.54) is 41.5 Å². The smallest absolute Gasteiger partial charge is 0.334 e. The molecule has 1 aliphatic heterocycles. The van der Waals surface area contributed by atoms with Crippen molar-refractivity contribution in [2.45, 2.75) is 19.8 Å². The zero-order valence-electron chi connectivity index (χ0n) is 14.0. The van der Waals surface area contributed by atoms with E-state index in [9.17, 15) is 19.1 Å². The third kappa shape index (κ3) is 2.90. The molecule has 0 fully saturated rings. The number of hydrogen-bond acceptors (Lipinski definition) is 4. The summed E-state index contributed by atoms with van der Waals surface area (Å²) >= 11 is 6.19. The van der Waals surface area contributed by atoms with Crippen molar-refractivity contribution in [2.75, 3.05) is 0 Å². The van der Waals surface area contributed by atoms with E-state index in [1.807, 2.05) is 0 Å². The van der Waals surface area contributed by atoms with Crippen LogP contribution in [0.1, 0.15) is 30.1 Å². The molecule has 0 radical (unpaired) electrons. The molecule has 26 heavy (non-hydrogen) atoms. The normalized spacial score (nSPS) is 17.3. The van der Waals surface area contributed by atoms with Crippen molar-refractivity contribution in [3.05, 3.63) is 75.9 Å². The maximum Gasteiger partial charge on any atom is 0.334 e. The topological polar surface area (TPSA) is 84.2 Å². The Morgan fingerprint density at radius 2 is 1.96 bits per heavy atom. The summed E-state index contributed by atoms with van der Waals surface area (Å²) < 4.78 is 15.8. The van der Waals surface area contributed by atoms with Crippen LogP contribution in [0.2, 0.25) is 5.02 Å². The number of carbonyl (C=O) groups excluding carboxylic acids is 1. The first kappa shape index (κ1) is 17.9. The van der Waals surface area contributed by atoms with Crippen molar-refractivity contribution >= 4 is 23.5 Å². The van der Waals surface area contributed by atoms with Crippen molar-refractivity contribution < 1.29 is 19.1 Å². The second kappa shape index (κ2) is 6.76. The zero-order valence-corrected chi connectivity index (χ0v) is 14.7. The maximum absolute atomic E-state index is 14.6. The highest BCUT2D eigenvalue weighted by molar-refractivity contribution is 6.31. The second-order valence-electron chi connectivity index (χ2n) is 5.85. The van der Waals surface area contributed by atoms with Crippen LogP contribution in [-0.2, 0) is 4.79 Å². The Morgan fingerprint density at radius 1 is 1.27 bits per heavy atom. The maximum atomic E-state index is 14.6. The van der Waals surface area contributed by atoms with Crippen LogP contribution >= 0.6 is 11.6 Å². The highest BCUT2D eigenvalue weighted by atomic mass is 35.5. The number of halogens is 2. The SMILES string of the molecule is CC1=C(C(=O)O)C(c2c(F)cccc2Cl)C(C(=O)n2ccnc2)=C(C)N1. The Kier molecular flexibility index (Phi) is 4.65. The molecule has 0 spiro atoms. The lowest BCUT2D eigenvalue weighted by Gasteiger charge is -2.30. The van der Waals surface area contributed by atoms with E-state index < -0.39 is 23.6 Å². The van der Waals surface area contributed by atoms with Gasteiger partial charge in [-0.3, -0.25) is 9.36 Å². The van der Waals surface area contributed by atoms with Gasteiger partial charge in [-0.15, -0.1) is 0 Å². The first-order valence-corrected chi connectivity index (χ1v) is 8.09. The molecular weight excluding hydrogens is 361 g/mol. The number of carboxylic acids is 1. The number of dihydropyridines is 1. The van der Waals surface area contributed by atoms with E-state index in [1.54, 1.807) is 13.8 Å². The summed E-state index contributed by atoms with van der Waals surface area (Å²) in [5.41, 5.74) is 0.663. The fourth-order valence-corrected chi connectivity index (χ4v) is 3.43. The van der Waals surface area contributed by atoms with Crippen molar-refractivity contribution in [2.24, 2.45) is 0 Å². The average molecular weight is 376 g/mol. The van der Waals surface area contributed by atoms with Gasteiger partial charge in [0.2, 0.25) is 0 Å². The number of aliphatic carboxylic acids is 1. The van der Waals surface area contributed by atoms with E-state index in [0.29, 0.717) is 11.4 Å². The second-order valence-corrected chi connectivity index (χ2v) is 6.26. The van der Waals surface area contributed by atoms with Gasteiger partial charge in [-0.25, -0.2) is 14.2 Å². The van der Waals surface area contributed by atoms with Gasteiger partial charge in [-0.05, 0) is 26.0 Å². The van der Waals surface area contributed by atoms with Gasteiger partial charge in [0.15, 0.2) is 0 Å². The number of nitrogens with one attached hydrogen (secondary N) is 1. The molecule has 0 bridgehead atoms. The lowest BCUT2D eigenvalue weighted by molar-refractivity contribution is -0.133. The summed E-state index contributed by atoms with van der Waals surface area (Å²) in [6.07, 6.45) is 4.16. The average Bonchev–Trinajstić information content (AvgIpc) is 3.08. The lowest BCUT2D eigenvalue weighted by Crippen LogP contribution is -2.33. The summed E-state index contributed by atoms with van der Waals surface area (Å²) in [6, 6.07) is 4.07. The van der Waals surface area contributed by atoms with Crippen molar-refractivity contribution in [1.82, 2.24) is 14.9 Å². The fraction of sp³-hybridized carbons (Fsp3) is 0.167. The number of benzene rings is 1. The molecule has 134 valence electrons. The number of rotatable bonds is 3. The number of carboxylic acid groups (broad SMARTS) is 1. The largest absolute Gasteiger partial charge is 0.478 e. The van der Waals surface area contributed by atoms with Crippen LogP contribution < -0.4 is 5.32 Å². The molecule has 2 heterocycles. The number of allylic oxidation sites excluding steroid dienone is 3. The molecule has 2 aromatic rings. The van der Waals surface area contributed by atoms with E-state index in [4.69, 9.17) is 11.6 Å². The lowest BCUT2D eigenvalue weighted by atomic mass is 9.79. The molecule has 0 aliphatic carbocycles. The highest BCUT2D eigenvalue weighted by Crippen LogP contribution is 2.42. The van der Waals surface area contributed by atoms with Gasteiger partial charge in [0.25, 0.3) is 5.91 Å². The molecule has 2 N–H and O–H groups in total. The van der Waals surface area contributed by atoms with Crippen molar-refractivity contribution in [3.8, 4) is 0 Å². The molecule has 1 unspecified atom stereocenters. The minimum absolute atomic E-state index is 0.0461. The van der Waals surface area contributed by atoms with Gasteiger partial charge >= 0.3 is 5.97 Å². The Morgan fingerprint density at radius 3 is 2.54 bits per heavy atom. The zero-order chi connectivity index (χ0) is 19.0. The van der Waals surface area contributed by atoms with Gasteiger partial charge in [-0.1, -0.05) is 17.7 Å². The van der Waals surface area contributed by atoms with Crippen LogP contribution in [0, 0.1) is 5.82 Å². The summed E-state index contributed by atoms with van der Waals surface area (Å²) in [5.74, 6) is -3.61. The molecule has 1 aromatic heterocycles. The number of imidazole rings is 1. The Balaban J connectivity index is 2.29.